The fourth-order valence-electron chi connectivity index (χ4n) is 4.62. The number of carboxylic acid groups (broad SMARTS) is 1. The first-order valence-corrected chi connectivity index (χ1v) is 10.7. The van der Waals surface area contributed by atoms with Crippen molar-refractivity contribution in [3.8, 4) is 0 Å². The van der Waals surface area contributed by atoms with Crippen LogP contribution in [0, 0.1) is 11.7 Å². The molecule has 5 rings (SSSR count). The van der Waals surface area contributed by atoms with Gasteiger partial charge in [0.1, 0.15) is 11.4 Å². The molecule has 6 nitrogen and oxygen atoms in total. The van der Waals surface area contributed by atoms with Gasteiger partial charge in [0, 0.05) is 30.6 Å². The normalized spacial score (nSPS) is 24.1. The monoisotopic (exact) mass is 403 g/mol. The first-order chi connectivity index (χ1) is 13.5. The van der Waals surface area contributed by atoms with E-state index in [1.165, 1.54) is 12.3 Å². The largest absolute Gasteiger partial charge is 0.477 e. The summed E-state index contributed by atoms with van der Waals surface area (Å²) in [5, 5.41) is 9.60. The van der Waals surface area contributed by atoms with E-state index in [0.717, 1.165) is 42.9 Å². The molecule has 1 saturated carbocycles. The van der Waals surface area contributed by atoms with E-state index in [0.29, 0.717) is 23.7 Å². The van der Waals surface area contributed by atoms with Crippen LogP contribution >= 0.6 is 11.8 Å². The Morgan fingerprint density at radius 1 is 1.32 bits per heavy atom. The predicted molar refractivity (Wildman–Crippen MR) is 107 cm³/mol. The minimum Gasteiger partial charge on any atom is -0.477 e. The van der Waals surface area contributed by atoms with Crippen molar-refractivity contribution in [1.29, 1.82) is 0 Å². The number of anilines is 1. The lowest BCUT2D eigenvalue weighted by Crippen LogP contribution is -2.48. The first kappa shape index (κ1) is 18.0. The summed E-state index contributed by atoms with van der Waals surface area (Å²) in [4.78, 5) is 27.2. The van der Waals surface area contributed by atoms with Crippen LogP contribution in [0.4, 0.5) is 10.1 Å². The highest BCUT2D eigenvalue weighted by Crippen LogP contribution is 2.48. The lowest BCUT2D eigenvalue weighted by atomic mass is 9.91. The second-order valence-electron chi connectivity index (χ2n) is 8.03. The second-order valence-corrected chi connectivity index (χ2v) is 9.06. The van der Waals surface area contributed by atoms with E-state index < -0.39 is 17.2 Å². The number of hydrogen-bond donors (Lipinski definition) is 2. The number of carboxylic acids is 1. The molecule has 3 aliphatic rings. The van der Waals surface area contributed by atoms with Gasteiger partial charge in [0.05, 0.1) is 21.5 Å². The van der Waals surface area contributed by atoms with Crippen molar-refractivity contribution in [2.45, 2.75) is 42.7 Å². The lowest BCUT2D eigenvalue weighted by Gasteiger charge is -2.44. The van der Waals surface area contributed by atoms with Crippen molar-refractivity contribution in [2.24, 2.45) is 11.7 Å². The Kier molecular flexibility index (Phi) is 4.17. The zero-order valence-electron chi connectivity index (χ0n) is 15.4. The smallest absolute Gasteiger partial charge is 0.341 e. The number of benzene rings is 1. The lowest BCUT2D eigenvalue weighted by molar-refractivity contribution is 0.0695. The molecule has 3 N–H and O–H groups in total. The Hall–Kier alpha value is -2.06. The minimum absolute atomic E-state index is 0.172. The summed E-state index contributed by atoms with van der Waals surface area (Å²) < 4.78 is 17.1. The van der Waals surface area contributed by atoms with Gasteiger partial charge in [-0.25, -0.2) is 9.18 Å². The van der Waals surface area contributed by atoms with Gasteiger partial charge in [0.15, 0.2) is 0 Å². The number of piperidine rings is 1. The summed E-state index contributed by atoms with van der Waals surface area (Å²) in [5.41, 5.74) is 6.22. The molecule has 1 aliphatic carbocycles. The van der Waals surface area contributed by atoms with Crippen LogP contribution in [-0.2, 0) is 0 Å². The molecule has 2 aromatic rings. The topological polar surface area (TPSA) is 88.6 Å². The number of nitrogens with zero attached hydrogens (tertiary/aromatic N) is 2. The molecule has 2 fully saturated rings. The number of carbonyl (C=O) groups is 1. The molecule has 148 valence electrons. The van der Waals surface area contributed by atoms with E-state index >= 15 is 4.39 Å². The van der Waals surface area contributed by atoms with E-state index in [9.17, 15) is 14.7 Å². The number of rotatable bonds is 3. The summed E-state index contributed by atoms with van der Waals surface area (Å²) in [6.07, 6.45) is 5.22. The van der Waals surface area contributed by atoms with Gasteiger partial charge in [0.25, 0.3) is 0 Å². The summed E-state index contributed by atoms with van der Waals surface area (Å²) in [7, 11) is 0. The van der Waals surface area contributed by atoms with Crippen LogP contribution in [0.1, 0.15) is 42.1 Å². The van der Waals surface area contributed by atoms with Crippen molar-refractivity contribution in [3.63, 3.8) is 0 Å². The summed E-state index contributed by atoms with van der Waals surface area (Å²) >= 11 is 1.58. The molecule has 3 heterocycles. The molecule has 1 unspecified atom stereocenters. The summed E-state index contributed by atoms with van der Waals surface area (Å²) in [6, 6.07) is 1.67. The molecule has 1 saturated heterocycles. The Morgan fingerprint density at radius 2 is 2.11 bits per heavy atom. The molecule has 2 aliphatic heterocycles. The van der Waals surface area contributed by atoms with Gasteiger partial charge >= 0.3 is 5.97 Å². The fraction of sp³-hybridized carbons (Fsp3) is 0.500. The molecule has 0 spiro atoms. The van der Waals surface area contributed by atoms with Gasteiger partial charge in [-0.1, -0.05) is 0 Å². The minimum atomic E-state index is -1.27. The van der Waals surface area contributed by atoms with Gasteiger partial charge in [-0.2, -0.15) is 0 Å². The van der Waals surface area contributed by atoms with E-state index in [2.05, 4.69) is 4.90 Å². The van der Waals surface area contributed by atoms with Gasteiger partial charge in [-0.3, -0.25) is 4.79 Å². The first-order valence-electron chi connectivity index (χ1n) is 9.73. The standard InChI is InChI=1S/C20H22FN3O3S/c21-15-6-13-16(24(11-1-2-11)8-14(18(13)25)20(26)27)19-17(15)23-4-3-10(7-22)5-12(23)9-28-19/h6,8,10-12H,1-5,7,9,22H2,(H,26,27)/t10?,12-/m0/s1. The summed E-state index contributed by atoms with van der Waals surface area (Å²) in [6.45, 7) is 1.41. The van der Waals surface area contributed by atoms with E-state index in [1.807, 2.05) is 4.57 Å². The molecular formula is C20H22FN3O3S. The van der Waals surface area contributed by atoms with Gasteiger partial charge in [-0.05, 0) is 44.2 Å². The fourth-order valence-corrected chi connectivity index (χ4v) is 6.00. The number of aromatic nitrogens is 1. The molecule has 0 bridgehead atoms. The van der Waals surface area contributed by atoms with Crippen LogP contribution in [0.15, 0.2) is 22.0 Å². The van der Waals surface area contributed by atoms with Crippen LogP contribution in [0.5, 0.6) is 0 Å². The maximum absolute atomic E-state index is 15.2. The third-order valence-electron chi connectivity index (χ3n) is 6.23. The van der Waals surface area contributed by atoms with Crippen molar-refractivity contribution >= 4 is 34.3 Å². The van der Waals surface area contributed by atoms with Crippen molar-refractivity contribution < 1.29 is 14.3 Å². The molecule has 0 amide bonds. The molecule has 2 atom stereocenters. The van der Waals surface area contributed by atoms with E-state index in [1.54, 1.807) is 11.8 Å². The van der Waals surface area contributed by atoms with Crippen LogP contribution in [-0.4, -0.2) is 40.5 Å². The highest BCUT2D eigenvalue weighted by molar-refractivity contribution is 7.99. The number of fused-ring (bicyclic) bond motifs is 5. The average Bonchev–Trinajstić information content (AvgIpc) is 3.52. The zero-order valence-corrected chi connectivity index (χ0v) is 16.2. The molecule has 8 heteroatoms. The van der Waals surface area contributed by atoms with Crippen molar-refractivity contribution in [1.82, 2.24) is 4.57 Å². The SMILES string of the molecule is NCC1CCN2c3c(F)cc4c(=O)c(C(=O)O)cn(C5CC5)c4c3SC[C@@H]2C1. The Balaban J connectivity index is 1.75. The second kappa shape index (κ2) is 6.49. The van der Waals surface area contributed by atoms with Gasteiger partial charge in [0.2, 0.25) is 5.43 Å². The number of halogens is 1. The molecule has 1 aromatic heterocycles. The quantitative estimate of drug-likeness (QED) is 0.819. The highest BCUT2D eigenvalue weighted by Gasteiger charge is 2.37. The molecule has 1 aromatic carbocycles. The number of thioether (sulfide) groups is 1. The van der Waals surface area contributed by atoms with Crippen molar-refractivity contribution in [3.05, 3.63) is 33.9 Å². The van der Waals surface area contributed by atoms with Crippen LogP contribution in [0.25, 0.3) is 10.9 Å². The Labute approximate surface area is 165 Å². The maximum atomic E-state index is 15.2. The number of hydrogen-bond acceptors (Lipinski definition) is 5. The van der Waals surface area contributed by atoms with E-state index in [4.69, 9.17) is 5.73 Å². The van der Waals surface area contributed by atoms with Crippen molar-refractivity contribution in [2.75, 3.05) is 23.7 Å². The maximum Gasteiger partial charge on any atom is 0.341 e. The number of aromatic carboxylic acids is 1. The van der Waals surface area contributed by atoms with Crippen LogP contribution in [0.2, 0.25) is 0 Å². The Morgan fingerprint density at radius 3 is 2.79 bits per heavy atom. The van der Waals surface area contributed by atoms with Crippen LogP contribution < -0.4 is 16.1 Å². The third-order valence-corrected chi connectivity index (χ3v) is 7.46. The van der Waals surface area contributed by atoms with Gasteiger partial charge < -0.3 is 20.3 Å². The molecule has 0 radical (unpaired) electrons. The highest BCUT2D eigenvalue weighted by atomic mass is 32.2. The Bertz CT molecular complexity index is 1050. The predicted octanol–water partition coefficient (Wildman–Crippen LogP) is 2.82. The number of pyridine rings is 1. The zero-order chi connectivity index (χ0) is 19.6. The van der Waals surface area contributed by atoms with Crippen LogP contribution in [0.3, 0.4) is 0 Å². The van der Waals surface area contributed by atoms with Gasteiger partial charge in [-0.15, -0.1) is 11.8 Å². The summed E-state index contributed by atoms with van der Waals surface area (Å²) in [5.74, 6) is -0.416. The molecular weight excluding hydrogens is 381 g/mol. The average molecular weight is 403 g/mol. The number of nitrogens with two attached hydrogens (primary N) is 1. The van der Waals surface area contributed by atoms with E-state index in [-0.39, 0.29) is 23.0 Å². The third kappa shape index (κ3) is 2.65. The molecule has 28 heavy (non-hydrogen) atoms.